The Morgan fingerprint density at radius 2 is 2.21 bits per heavy atom. The molecule has 1 N–H and O–H groups in total. The molecule has 0 saturated carbocycles. The highest BCUT2D eigenvalue weighted by Crippen LogP contribution is 2.36. The molecule has 1 atom stereocenters. The maximum atomic E-state index is 11.4. The van der Waals surface area contributed by atoms with Crippen LogP contribution >= 0.6 is 11.3 Å². The zero-order chi connectivity index (χ0) is 14.2. The molecule has 1 saturated heterocycles. The third-order valence-electron chi connectivity index (χ3n) is 3.65. The van der Waals surface area contributed by atoms with Crippen molar-refractivity contribution in [3.8, 4) is 0 Å². The number of carboxylic acid groups (broad SMARTS) is 1. The quantitative estimate of drug-likeness (QED) is 0.923. The van der Waals surface area contributed by atoms with Crippen LogP contribution in [-0.4, -0.2) is 29.1 Å². The molecule has 2 heterocycles. The summed E-state index contributed by atoms with van der Waals surface area (Å²) in [5.74, 6) is -0.143. The molecule has 0 spiro atoms. The maximum Gasteiger partial charge on any atom is 0.347 e. The number of hydrogen-bond acceptors (Lipinski definition) is 4. The Hall–Kier alpha value is -1.10. The van der Waals surface area contributed by atoms with Crippen LogP contribution in [0.25, 0.3) is 0 Å². The molecule has 2 rings (SSSR count). The van der Waals surface area contributed by atoms with E-state index in [1.54, 1.807) is 0 Å². The molecule has 106 valence electrons. The molecular formula is C14H22N2O2S. The Labute approximate surface area is 118 Å². The predicted molar refractivity (Wildman–Crippen MR) is 78.4 cm³/mol. The Balaban J connectivity index is 2.31. The van der Waals surface area contributed by atoms with Crippen molar-refractivity contribution >= 4 is 22.4 Å². The first-order chi connectivity index (χ1) is 8.82. The van der Waals surface area contributed by atoms with Gasteiger partial charge >= 0.3 is 5.97 Å². The van der Waals surface area contributed by atoms with Crippen LogP contribution in [0.2, 0.25) is 0 Å². The van der Waals surface area contributed by atoms with Crippen LogP contribution in [-0.2, 0) is 5.41 Å². The average Bonchev–Trinajstić information content (AvgIpc) is 2.94. The van der Waals surface area contributed by atoms with Gasteiger partial charge in [0.2, 0.25) is 0 Å². The number of aromatic carboxylic acids is 1. The van der Waals surface area contributed by atoms with E-state index in [9.17, 15) is 9.90 Å². The van der Waals surface area contributed by atoms with E-state index in [4.69, 9.17) is 0 Å². The van der Waals surface area contributed by atoms with Gasteiger partial charge in [-0.1, -0.05) is 45.5 Å². The van der Waals surface area contributed by atoms with Gasteiger partial charge in [0.25, 0.3) is 0 Å². The topological polar surface area (TPSA) is 53.4 Å². The van der Waals surface area contributed by atoms with E-state index in [1.165, 1.54) is 24.2 Å². The summed E-state index contributed by atoms with van der Waals surface area (Å²) in [6, 6.07) is 0. The van der Waals surface area contributed by atoms with Crippen molar-refractivity contribution in [3.63, 3.8) is 0 Å². The average molecular weight is 282 g/mol. The van der Waals surface area contributed by atoms with E-state index in [2.05, 4.69) is 16.8 Å². The molecule has 0 aliphatic carbocycles. The lowest BCUT2D eigenvalue weighted by molar-refractivity contribution is 0.0699. The standard InChI is InChI=1S/C14H22N2O2S/c1-5-9-6-7-16(8-9)13-15-11(14(2,3)4)10(19-13)12(17)18/h9H,5-8H2,1-4H3,(H,17,18). The smallest absolute Gasteiger partial charge is 0.347 e. The summed E-state index contributed by atoms with van der Waals surface area (Å²) in [5, 5.41) is 10.2. The van der Waals surface area contributed by atoms with Crippen molar-refractivity contribution in [3.05, 3.63) is 10.6 Å². The molecule has 19 heavy (non-hydrogen) atoms. The molecule has 1 aliphatic heterocycles. The number of thiazole rings is 1. The predicted octanol–water partition coefficient (Wildman–Crippen LogP) is 3.38. The highest BCUT2D eigenvalue weighted by Gasteiger charge is 2.30. The molecule has 0 radical (unpaired) electrons. The molecule has 1 fully saturated rings. The first-order valence-electron chi connectivity index (χ1n) is 6.82. The zero-order valence-electron chi connectivity index (χ0n) is 12.1. The van der Waals surface area contributed by atoms with Crippen molar-refractivity contribution in [1.29, 1.82) is 0 Å². The van der Waals surface area contributed by atoms with E-state index in [1.807, 2.05) is 20.8 Å². The van der Waals surface area contributed by atoms with Gasteiger partial charge in [0.05, 0.1) is 5.69 Å². The zero-order valence-corrected chi connectivity index (χ0v) is 12.9. The Morgan fingerprint density at radius 3 is 2.63 bits per heavy atom. The lowest BCUT2D eigenvalue weighted by atomic mass is 9.91. The summed E-state index contributed by atoms with van der Waals surface area (Å²) in [4.78, 5) is 18.6. The van der Waals surface area contributed by atoms with E-state index < -0.39 is 5.97 Å². The van der Waals surface area contributed by atoms with Crippen molar-refractivity contribution < 1.29 is 9.90 Å². The monoisotopic (exact) mass is 282 g/mol. The largest absolute Gasteiger partial charge is 0.477 e. The first kappa shape index (κ1) is 14.3. The summed E-state index contributed by atoms with van der Waals surface area (Å²) in [6.07, 6.45) is 2.36. The molecule has 1 aromatic heterocycles. The second-order valence-corrected chi connectivity index (χ2v) is 7.22. The van der Waals surface area contributed by atoms with Gasteiger partial charge < -0.3 is 10.0 Å². The van der Waals surface area contributed by atoms with Gasteiger partial charge in [-0.05, 0) is 12.3 Å². The SMILES string of the molecule is CCC1CCN(c2nc(C(C)(C)C)c(C(=O)O)s2)C1. The Morgan fingerprint density at radius 1 is 1.53 bits per heavy atom. The van der Waals surface area contributed by atoms with E-state index in [-0.39, 0.29) is 5.41 Å². The molecule has 1 unspecified atom stereocenters. The number of rotatable bonds is 3. The molecule has 0 bridgehead atoms. The lowest BCUT2D eigenvalue weighted by Gasteiger charge is -2.17. The number of carboxylic acids is 1. The highest BCUT2D eigenvalue weighted by molar-refractivity contribution is 7.17. The van der Waals surface area contributed by atoms with Crippen LogP contribution in [0.4, 0.5) is 5.13 Å². The lowest BCUT2D eigenvalue weighted by Crippen LogP contribution is -2.20. The maximum absolute atomic E-state index is 11.4. The molecular weight excluding hydrogens is 260 g/mol. The minimum Gasteiger partial charge on any atom is -0.477 e. The highest BCUT2D eigenvalue weighted by atomic mass is 32.1. The van der Waals surface area contributed by atoms with Crippen LogP contribution in [0.15, 0.2) is 0 Å². The minimum atomic E-state index is -0.861. The number of carbonyl (C=O) groups is 1. The fourth-order valence-corrected chi connectivity index (χ4v) is 3.59. The third kappa shape index (κ3) is 2.91. The summed E-state index contributed by atoms with van der Waals surface area (Å²) >= 11 is 1.32. The normalized spacial score (nSPS) is 20.0. The van der Waals surface area contributed by atoms with E-state index in [0.717, 1.165) is 24.1 Å². The first-order valence-corrected chi connectivity index (χ1v) is 7.64. The Bertz CT molecular complexity index is 476. The van der Waals surface area contributed by atoms with Crippen LogP contribution in [0.3, 0.4) is 0 Å². The summed E-state index contributed by atoms with van der Waals surface area (Å²) < 4.78 is 0. The van der Waals surface area contributed by atoms with Crippen molar-refractivity contribution in [1.82, 2.24) is 4.98 Å². The van der Waals surface area contributed by atoms with Gasteiger partial charge in [0.1, 0.15) is 4.88 Å². The number of nitrogens with zero attached hydrogens (tertiary/aromatic N) is 2. The molecule has 1 aliphatic rings. The molecule has 4 nitrogen and oxygen atoms in total. The second-order valence-electron chi connectivity index (χ2n) is 6.24. The van der Waals surface area contributed by atoms with Crippen molar-refractivity contribution in [2.24, 2.45) is 5.92 Å². The van der Waals surface area contributed by atoms with Gasteiger partial charge in [-0.3, -0.25) is 0 Å². The van der Waals surface area contributed by atoms with Crippen LogP contribution in [0, 0.1) is 5.92 Å². The fraction of sp³-hybridized carbons (Fsp3) is 0.714. The summed E-state index contributed by atoms with van der Waals surface area (Å²) in [5.41, 5.74) is 0.478. The van der Waals surface area contributed by atoms with Crippen molar-refractivity contribution in [2.75, 3.05) is 18.0 Å². The molecule has 0 amide bonds. The van der Waals surface area contributed by atoms with Gasteiger partial charge in [0, 0.05) is 18.5 Å². The van der Waals surface area contributed by atoms with Gasteiger partial charge in [-0.15, -0.1) is 0 Å². The van der Waals surface area contributed by atoms with E-state index in [0.29, 0.717) is 10.6 Å². The third-order valence-corrected chi connectivity index (χ3v) is 4.76. The summed E-state index contributed by atoms with van der Waals surface area (Å²) in [7, 11) is 0. The molecule has 5 heteroatoms. The van der Waals surface area contributed by atoms with Crippen molar-refractivity contribution in [2.45, 2.75) is 46.0 Å². The molecule has 1 aromatic rings. The van der Waals surface area contributed by atoms with Crippen LogP contribution in [0.5, 0.6) is 0 Å². The Kier molecular flexibility index (Phi) is 3.85. The fourth-order valence-electron chi connectivity index (χ4n) is 2.44. The number of aromatic nitrogens is 1. The van der Waals surface area contributed by atoms with Crippen LogP contribution < -0.4 is 4.90 Å². The minimum absolute atomic E-state index is 0.230. The van der Waals surface area contributed by atoms with Crippen LogP contribution in [0.1, 0.15) is 55.9 Å². The van der Waals surface area contributed by atoms with Gasteiger partial charge in [0.15, 0.2) is 5.13 Å². The summed E-state index contributed by atoms with van der Waals surface area (Å²) in [6.45, 7) is 10.2. The number of anilines is 1. The second kappa shape index (κ2) is 5.12. The number of hydrogen-bond donors (Lipinski definition) is 1. The van der Waals surface area contributed by atoms with Gasteiger partial charge in [-0.25, -0.2) is 9.78 Å². The van der Waals surface area contributed by atoms with Gasteiger partial charge in [-0.2, -0.15) is 0 Å². The molecule has 0 aromatic carbocycles. The van der Waals surface area contributed by atoms with E-state index >= 15 is 0 Å².